The Kier molecular flexibility index (Phi) is 10.5. The number of amides is 3. The van der Waals surface area contributed by atoms with Gasteiger partial charge in [-0.15, -0.1) is 0 Å². The van der Waals surface area contributed by atoms with Crippen molar-refractivity contribution in [1.29, 1.82) is 0 Å². The van der Waals surface area contributed by atoms with Crippen molar-refractivity contribution < 1.29 is 19.1 Å². The van der Waals surface area contributed by atoms with Gasteiger partial charge in [-0.1, -0.05) is 57.2 Å². The van der Waals surface area contributed by atoms with E-state index in [1.165, 1.54) is 0 Å². The molecule has 0 saturated heterocycles. The lowest BCUT2D eigenvalue weighted by atomic mass is 9.91. The summed E-state index contributed by atoms with van der Waals surface area (Å²) in [4.78, 5) is 42.8. The van der Waals surface area contributed by atoms with Crippen molar-refractivity contribution in [1.82, 2.24) is 10.2 Å². The standard InChI is InChI=1S/C31H45N3O4/c1-11-23(7)34(29(36)26(19(2)3)33-30(37)38-31(8,9)10)27(25-21(5)16-14-17-22(25)6)28(35)32-24-18-13-12-15-20(24)4/h12-19,23,26-27H,11H2,1-10H3,(H,32,35)(H,33,37). The SMILES string of the molecule is CCC(C)N(C(=O)C(NC(=O)OC(C)(C)C)C(C)C)C(C(=O)Nc1ccccc1C)c1c(C)cccc1C. The molecule has 7 heteroatoms. The molecule has 0 aromatic heterocycles. The van der Waals surface area contributed by atoms with Gasteiger partial charge in [-0.2, -0.15) is 0 Å². The number of ether oxygens (including phenoxy) is 1. The minimum absolute atomic E-state index is 0.236. The van der Waals surface area contributed by atoms with Crippen molar-refractivity contribution in [2.75, 3.05) is 5.32 Å². The molecule has 0 heterocycles. The van der Waals surface area contributed by atoms with Crippen LogP contribution in [0.2, 0.25) is 0 Å². The molecule has 0 bridgehead atoms. The van der Waals surface area contributed by atoms with Gasteiger partial charge in [0.15, 0.2) is 0 Å². The minimum Gasteiger partial charge on any atom is -0.444 e. The van der Waals surface area contributed by atoms with Crippen molar-refractivity contribution >= 4 is 23.6 Å². The first kappa shape index (κ1) is 30.9. The third kappa shape index (κ3) is 7.83. The van der Waals surface area contributed by atoms with Gasteiger partial charge < -0.3 is 20.3 Å². The van der Waals surface area contributed by atoms with Crippen LogP contribution in [0, 0.1) is 26.7 Å². The van der Waals surface area contributed by atoms with E-state index in [9.17, 15) is 14.4 Å². The van der Waals surface area contributed by atoms with Crippen LogP contribution in [-0.2, 0) is 14.3 Å². The number of hydrogen-bond acceptors (Lipinski definition) is 4. The number of benzene rings is 2. The predicted octanol–water partition coefficient (Wildman–Crippen LogP) is 6.47. The Morgan fingerprint density at radius 3 is 1.95 bits per heavy atom. The molecule has 0 aliphatic heterocycles. The van der Waals surface area contributed by atoms with Crippen molar-refractivity contribution in [3.63, 3.8) is 0 Å². The van der Waals surface area contributed by atoms with Gasteiger partial charge in [-0.3, -0.25) is 9.59 Å². The lowest BCUT2D eigenvalue weighted by Gasteiger charge is -2.40. The number of hydrogen-bond donors (Lipinski definition) is 2. The van der Waals surface area contributed by atoms with E-state index in [0.717, 1.165) is 22.3 Å². The maximum Gasteiger partial charge on any atom is 0.408 e. The molecule has 0 aliphatic carbocycles. The number of nitrogens with one attached hydrogen (secondary N) is 2. The lowest BCUT2D eigenvalue weighted by Crippen LogP contribution is -2.56. The maximum absolute atomic E-state index is 14.3. The molecule has 2 N–H and O–H groups in total. The van der Waals surface area contributed by atoms with E-state index >= 15 is 0 Å². The van der Waals surface area contributed by atoms with Gasteiger partial charge in [0.05, 0.1) is 0 Å². The molecule has 3 unspecified atom stereocenters. The molecular weight excluding hydrogens is 478 g/mol. The highest BCUT2D eigenvalue weighted by atomic mass is 16.6. The fourth-order valence-electron chi connectivity index (χ4n) is 4.47. The molecule has 0 aliphatic rings. The van der Waals surface area contributed by atoms with E-state index in [1.807, 2.05) is 90.9 Å². The van der Waals surface area contributed by atoms with E-state index in [1.54, 1.807) is 25.7 Å². The molecule has 38 heavy (non-hydrogen) atoms. The number of carbonyl (C=O) groups excluding carboxylic acids is 3. The average Bonchev–Trinajstić information content (AvgIpc) is 2.81. The first-order valence-electron chi connectivity index (χ1n) is 13.4. The third-order valence-electron chi connectivity index (χ3n) is 6.67. The van der Waals surface area contributed by atoms with Crippen molar-refractivity contribution in [3.8, 4) is 0 Å². The number of anilines is 1. The number of nitrogens with zero attached hydrogens (tertiary/aromatic N) is 1. The third-order valence-corrected chi connectivity index (χ3v) is 6.67. The zero-order valence-corrected chi connectivity index (χ0v) is 24.6. The molecule has 0 spiro atoms. The van der Waals surface area contributed by atoms with Crippen LogP contribution in [0.5, 0.6) is 0 Å². The van der Waals surface area contributed by atoms with Gasteiger partial charge in [-0.25, -0.2) is 4.79 Å². The van der Waals surface area contributed by atoms with Crippen LogP contribution >= 0.6 is 0 Å². The summed E-state index contributed by atoms with van der Waals surface area (Å²) in [7, 11) is 0. The molecular formula is C31H45N3O4. The topological polar surface area (TPSA) is 87.7 Å². The van der Waals surface area contributed by atoms with Crippen molar-refractivity contribution in [2.24, 2.45) is 5.92 Å². The molecule has 3 amide bonds. The summed E-state index contributed by atoms with van der Waals surface area (Å²) in [5.74, 6) is -0.863. The molecule has 0 fully saturated rings. The van der Waals surface area contributed by atoms with Crippen LogP contribution < -0.4 is 10.6 Å². The van der Waals surface area contributed by atoms with Gasteiger partial charge >= 0.3 is 6.09 Å². The van der Waals surface area contributed by atoms with Gasteiger partial charge in [0, 0.05) is 11.7 Å². The number of carbonyl (C=O) groups is 3. The van der Waals surface area contributed by atoms with Gasteiger partial charge in [0.25, 0.3) is 5.91 Å². The molecule has 208 valence electrons. The summed E-state index contributed by atoms with van der Waals surface area (Å²) in [6.07, 6.45) is -0.0381. The van der Waals surface area contributed by atoms with Crippen molar-refractivity contribution in [3.05, 3.63) is 64.7 Å². The molecule has 2 aromatic carbocycles. The summed E-state index contributed by atoms with van der Waals surface area (Å²) >= 11 is 0. The summed E-state index contributed by atoms with van der Waals surface area (Å²) in [5, 5.41) is 5.85. The largest absolute Gasteiger partial charge is 0.444 e. The number of aryl methyl sites for hydroxylation is 3. The zero-order valence-electron chi connectivity index (χ0n) is 24.6. The zero-order chi connectivity index (χ0) is 28.8. The van der Waals surface area contributed by atoms with E-state index in [-0.39, 0.29) is 23.8 Å². The van der Waals surface area contributed by atoms with E-state index in [4.69, 9.17) is 4.74 Å². The highest BCUT2D eigenvalue weighted by Crippen LogP contribution is 2.32. The Morgan fingerprint density at radius 2 is 1.45 bits per heavy atom. The number of alkyl carbamates (subject to hydrolysis) is 1. The molecule has 7 nitrogen and oxygen atoms in total. The highest BCUT2D eigenvalue weighted by molar-refractivity contribution is 6.00. The first-order chi connectivity index (χ1) is 17.7. The second-order valence-electron chi connectivity index (χ2n) is 11.4. The molecule has 0 radical (unpaired) electrons. The molecule has 2 rings (SSSR count). The van der Waals surface area contributed by atoms with Crippen LogP contribution in [-0.4, -0.2) is 40.5 Å². The monoisotopic (exact) mass is 523 g/mol. The Hall–Kier alpha value is -3.35. The maximum atomic E-state index is 14.3. The Labute approximate surface area is 228 Å². The van der Waals surface area contributed by atoms with Gasteiger partial charge in [0.1, 0.15) is 17.7 Å². The Bertz CT molecular complexity index is 1120. The number of rotatable bonds is 9. The van der Waals surface area contributed by atoms with Crippen LogP contribution in [0.4, 0.5) is 10.5 Å². The van der Waals surface area contributed by atoms with Crippen LogP contribution in [0.3, 0.4) is 0 Å². The van der Waals surface area contributed by atoms with E-state index < -0.39 is 23.8 Å². The smallest absolute Gasteiger partial charge is 0.408 e. The molecule has 2 aromatic rings. The molecule has 3 atom stereocenters. The fraction of sp³-hybridized carbons (Fsp3) is 0.516. The Balaban J connectivity index is 2.64. The van der Waals surface area contributed by atoms with Gasteiger partial charge in [0.2, 0.25) is 5.91 Å². The van der Waals surface area contributed by atoms with Crippen molar-refractivity contribution in [2.45, 2.75) is 99.4 Å². The summed E-state index contributed by atoms with van der Waals surface area (Å²) in [5.41, 5.74) is 3.52. The second kappa shape index (κ2) is 12.9. The van der Waals surface area contributed by atoms with E-state index in [2.05, 4.69) is 10.6 Å². The lowest BCUT2D eigenvalue weighted by molar-refractivity contribution is -0.144. The van der Waals surface area contributed by atoms with Gasteiger partial charge in [-0.05, 0) is 89.1 Å². The summed E-state index contributed by atoms with van der Waals surface area (Å²) in [6.45, 7) is 18.8. The van der Waals surface area contributed by atoms with Crippen LogP contribution in [0.15, 0.2) is 42.5 Å². The second-order valence-corrected chi connectivity index (χ2v) is 11.4. The predicted molar refractivity (Wildman–Crippen MR) is 153 cm³/mol. The minimum atomic E-state index is -0.903. The van der Waals surface area contributed by atoms with Crippen LogP contribution in [0.25, 0.3) is 0 Å². The van der Waals surface area contributed by atoms with Crippen LogP contribution in [0.1, 0.15) is 83.2 Å². The highest BCUT2D eigenvalue weighted by Gasteiger charge is 2.40. The first-order valence-corrected chi connectivity index (χ1v) is 13.4. The van der Waals surface area contributed by atoms with E-state index in [0.29, 0.717) is 12.1 Å². The average molecular weight is 524 g/mol. The number of para-hydroxylation sites is 1. The summed E-state index contributed by atoms with van der Waals surface area (Å²) in [6, 6.07) is 11.4. The molecule has 0 saturated carbocycles. The fourth-order valence-corrected chi connectivity index (χ4v) is 4.47. The normalized spacial score (nSPS) is 13.9. The summed E-state index contributed by atoms with van der Waals surface area (Å²) < 4.78 is 5.46. The quantitative estimate of drug-likeness (QED) is 0.394. The Morgan fingerprint density at radius 1 is 0.895 bits per heavy atom.